The van der Waals surface area contributed by atoms with Gasteiger partial charge in [0.15, 0.2) is 5.17 Å². The van der Waals surface area contributed by atoms with Crippen molar-refractivity contribution in [1.29, 1.82) is 0 Å². The van der Waals surface area contributed by atoms with Crippen LogP contribution in [0, 0.1) is 17.8 Å². The van der Waals surface area contributed by atoms with Crippen LogP contribution in [0.15, 0.2) is 4.99 Å². The first-order valence-corrected chi connectivity index (χ1v) is 8.18. The Bertz CT molecular complexity index is 293. The molecule has 0 bridgehead atoms. The number of hydrogen-bond donors (Lipinski definition) is 1. The monoisotopic (exact) mass is 252 g/mol. The SMILES string of the molecule is CC(C)CC1CSC(NC(C2CC2)C2CC2)=N1. The van der Waals surface area contributed by atoms with E-state index < -0.39 is 0 Å². The van der Waals surface area contributed by atoms with Gasteiger partial charge >= 0.3 is 0 Å². The largest absolute Gasteiger partial charge is 0.362 e. The molecule has 2 nitrogen and oxygen atoms in total. The molecule has 17 heavy (non-hydrogen) atoms. The molecule has 96 valence electrons. The van der Waals surface area contributed by atoms with Gasteiger partial charge in [-0.15, -0.1) is 0 Å². The lowest BCUT2D eigenvalue weighted by molar-refractivity contribution is 0.482. The van der Waals surface area contributed by atoms with Gasteiger partial charge in [0.25, 0.3) is 0 Å². The van der Waals surface area contributed by atoms with E-state index >= 15 is 0 Å². The summed E-state index contributed by atoms with van der Waals surface area (Å²) >= 11 is 1.95. The van der Waals surface area contributed by atoms with Gasteiger partial charge in [-0.1, -0.05) is 25.6 Å². The maximum atomic E-state index is 4.86. The highest BCUT2D eigenvalue weighted by Gasteiger charge is 2.42. The average Bonchev–Trinajstić information content (AvgIpc) is 3.16. The number of amidine groups is 1. The smallest absolute Gasteiger partial charge is 0.157 e. The van der Waals surface area contributed by atoms with Crippen molar-refractivity contribution in [3.63, 3.8) is 0 Å². The molecule has 0 aromatic heterocycles. The maximum absolute atomic E-state index is 4.86. The van der Waals surface area contributed by atoms with Gasteiger partial charge in [0.05, 0.1) is 6.04 Å². The number of aliphatic imine (C=N–C) groups is 1. The molecule has 0 amide bonds. The molecule has 2 fully saturated rings. The molecule has 3 aliphatic rings. The minimum atomic E-state index is 0.571. The molecule has 0 aromatic rings. The van der Waals surface area contributed by atoms with Gasteiger partial charge in [-0.25, -0.2) is 0 Å². The first-order valence-electron chi connectivity index (χ1n) is 7.19. The number of nitrogens with one attached hydrogen (secondary N) is 1. The van der Waals surface area contributed by atoms with Crippen molar-refractivity contribution >= 4 is 16.9 Å². The van der Waals surface area contributed by atoms with Crippen LogP contribution >= 0.6 is 11.8 Å². The molecule has 2 saturated carbocycles. The van der Waals surface area contributed by atoms with Gasteiger partial charge in [0, 0.05) is 11.8 Å². The fourth-order valence-electron chi connectivity index (χ4n) is 2.83. The van der Waals surface area contributed by atoms with Crippen molar-refractivity contribution < 1.29 is 0 Å². The molecule has 1 heterocycles. The Labute approximate surface area is 109 Å². The van der Waals surface area contributed by atoms with Crippen LogP contribution in [0.25, 0.3) is 0 Å². The lowest BCUT2D eigenvalue weighted by atomic mass is 10.1. The van der Waals surface area contributed by atoms with E-state index in [1.165, 1.54) is 43.0 Å². The standard InChI is InChI=1S/C14H24N2S/c1-9(2)7-12-8-17-14(15-12)16-13(10-3-4-10)11-5-6-11/h9-13H,3-8H2,1-2H3,(H,15,16). The molecule has 1 aliphatic heterocycles. The maximum Gasteiger partial charge on any atom is 0.157 e. The first kappa shape index (κ1) is 11.9. The van der Waals surface area contributed by atoms with E-state index in [4.69, 9.17) is 4.99 Å². The molecule has 3 heteroatoms. The first-order chi connectivity index (χ1) is 8.22. The zero-order chi connectivity index (χ0) is 11.8. The van der Waals surface area contributed by atoms with Crippen LogP contribution in [-0.2, 0) is 0 Å². The fraction of sp³-hybridized carbons (Fsp3) is 0.929. The second kappa shape index (κ2) is 4.83. The minimum Gasteiger partial charge on any atom is -0.362 e. The highest BCUT2D eigenvalue weighted by Crippen LogP contribution is 2.45. The molecule has 0 aromatic carbocycles. The average molecular weight is 252 g/mol. The Kier molecular flexibility index (Phi) is 3.38. The van der Waals surface area contributed by atoms with Crippen LogP contribution in [-0.4, -0.2) is 23.0 Å². The molecule has 1 unspecified atom stereocenters. The summed E-state index contributed by atoms with van der Waals surface area (Å²) in [5.41, 5.74) is 0. The number of rotatable bonds is 5. The summed E-state index contributed by atoms with van der Waals surface area (Å²) in [4.78, 5) is 4.86. The van der Waals surface area contributed by atoms with Crippen LogP contribution in [0.1, 0.15) is 46.0 Å². The fourth-order valence-corrected chi connectivity index (χ4v) is 3.84. The third-order valence-electron chi connectivity index (χ3n) is 4.01. The van der Waals surface area contributed by atoms with Crippen molar-refractivity contribution in [3.8, 4) is 0 Å². The second-order valence-corrected chi connectivity index (χ2v) is 7.38. The van der Waals surface area contributed by atoms with Gasteiger partial charge in [-0.2, -0.15) is 0 Å². The third-order valence-corrected chi connectivity index (χ3v) is 5.05. The number of hydrogen-bond acceptors (Lipinski definition) is 3. The summed E-state index contributed by atoms with van der Waals surface area (Å²) in [7, 11) is 0. The Hall–Kier alpha value is -0.180. The topological polar surface area (TPSA) is 24.4 Å². The van der Waals surface area contributed by atoms with E-state index in [0.717, 1.165) is 23.8 Å². The van der Waals surface area contributed by atoms with E-state index in [1.807, 2.05) is 11.8 Å². The van der Waals surface area contributed by atoms with Crippen LogP contribution in [0.5, 0.6) is 0 Å². The van der Waals surface area contributed by atoms with Gasteiger partial charge in [0.2, 0.25) is 0 Å². The quantitative estimate of drug-likeness (QED) is 0.812. The minimum absolute atomic E-state index is 0.571. The van der Waals surface area contributed by atoms with Crippen molar-refractivity contribution in [3.05, 3.63) is 0 Å². The summed E-state index contributed by atoms with van der Waals surface area (Å²) < 4.78 is 0. The predicted molar refractivity (Wildman–Crippen MR) is 75.5 cm³/mol. The molecular weight excluding hydrogens is 228 g/mol. The van der Waals surface area contributed by atoms with Gasteiger partial charge < -0.3 is 5.32 Å². The Morgan fingerprint density at radius 3 is 2.41 bits per heavy atom. The van der Waals surface area contributed by atoms with Crippen LogP contribution in [0.2, 0.25) is 0 Å². The van der Waals surface area contributed by atoms with E-state index in [2.05, 4.69) is 19.2 Å². The summed E-state index contributed by atoms with van der Waals surface area (Å²) in [6.07, 6.45) is 7.03. The van der Waals surface area contributed by atoms with Crippen molar-refractivity contribution in [2.24, 2.45) is 22.7 Å². The Morgan fingerprint density at radius 2 is 1.88 bits per heavy atom. The number of nitrogens with zero attached hydrogens (tertiary/aromatic N) is 1. The second-order valence-electron chi connectivity index (χ2n) is 6.37. The van der Waals surface area contributed by atoms with E-state index in [-0.39, 0.29) is 0 Å². The Morgan fingerprint density at radius 1 is 1.24 bits per heavy atom. The van der Waals surface area contributed by atoms with E-state index in [0.29, 0.717) is 6.04 Å². The molecule has 1 atom stereocenters. The van der Waals surface area contributed by atoms with Crippen LogP contribution in [0.3, 0.4) is 0 Å². The molecule has 0 spiro atoms. The van der Waals surface area contributed by atoms with Crippen molar-refractivity contribution in [1.82, 2.24) is 5.32 Å². The molecule has 1 N–H and O–H groups in total. The summed E-state index contributed by atoms with van der Waals surface area (Å²) in [5.74, 6) is 3.90. The molecule has 3 rings (SSSR count). The summed E-state index contributed by atoms with van der Waals surface area (Å²) in [6.45, 7) is 4.59. The molecule has 0 saturated heterocycles. The zero-order valence-corrected chi connectivity index (χ0v) is 11.8. The van der Waals surface area contributed by atoms with Gasteiger partial charge in [-0.05, 0) is 49.9 Å². The van der Waals surface area contributed by atoms with Gasteiger partial charge in [-0.3, -0.25) is 4.99 Å². The number of thioether (sulfide) groups is 1. The predicted octanol–water partition coefficient (Wildman–Crippen LogP) is 3.28. The zero-order valence-electron chi connectivity index (χ0n) is 11.0. The lowest BCUT2D eigenvalue weighted by Gasteiger charge is -2.18. The lowest BCUT2D eigenvalue weighted by Crippen LogP contribution is -2.36. The van der Waals surface area contributed by atoms with Crippen molar-refractivity contribution in [2.45, 2.75) is 58.0 Å². The molecule has 2 aliphatic carbocycles. The normalized spacial score (nSPS) is 28.9. The van der Waals surface area contributed by atoms with E-state index in [9.17, 15) is 0 Å². The summed E-state index contributed by atoms with van der Waals surface area (Å²) in [6, 6.07) is 1.33. The highest BCUT2D eigenvalue weighted by atomic mass is 32.2. The molecular formula is C14H24N2S. The van der Waals surface area contributed by atoms with Crippen molar-refractivity contribution in [2.75, 3.05) is 5.75 Å². The van der Waals surface area contributed by atoms with Crippen LogP contribution < -0.4 is 5.32 Å². The molecule has 0 radical (unpaired) electrons. The van der Waals surface area contributed by atoms with E-state index in [1.54, 1.807) is 0 Å². The third kappa shape index (κ3) is 3.18. The summed E-state index contributed by atoms with van der Waals surface area (Å²) in [5, 5.41) is 5.01. The Balaban J connectivity index is 1.53. The van der Waals surface area contributed by atoms with Crippen LogP contribution in [0.4, 0.5) is 0 Å². The highest BCUT2D eigenvalue weighted by molar-refractivity contribution is 8.14. The van der Waals surface area contributed by atoms with Gasteiger partial charge in [0.1, 0.15) is 0 Å².